The summed E-state index contributed by atoms with van der Waals surface area (Å²) in [5.41, 5.74) is 0.781. The van der Waals surface area contributed by atoms with Crippen LogP contribution in [0, 0.1) is 18.6 Å². The van der Waals surface area contributed by atoms with Gasteiger partial charge in [0.25, 0.3) is 0 Å². The van der Waals surface area contributed by atoms with E-state index in [0.29, 0.717) is 17.5 Å². The molecule has 1 heterocycles. The molecule has 1 fully saturated rings. The Labute approximate surface area is 125 Å². The molecular formula is C15H21ClF2N2. The summed E-state index contributed by atoms with van der Waals surface area (Å²) in [6, 6.07) is 3.21. The molecule has 0 aromatic heterocycles. The van der Waals surface area contributed by atoms with Gasteiger partial charge in [0.05, 0.1) is 0 Å². The monoisotopic (exact) mass is 302 g/mol. The van der Waals surface area contributed by atoms with Crippen LogP contribution in [0.5, 0.6) is 0 Å². The van der Waals surface area contributed by atoms with Gasteiger partial charge < -0.3 is 5.32 Å². The molecule has 0 saturated carbocycles. The summed E-state index contributed by atoms with van der Waals surface area (Å²) in [4.78, 5) is 2.19. The maximum Gasteiger partial charge on any atom is 0.163 e. The van der Waals surface area contributed by atoms with Crippen LogP contribution in [0.3, 0.4) is 0 Å². The van der Waals surface area contributed by atoms with Crippen molar-refractivity contribution in [2.75, 3.05) is 26.2 Å². The molecule has 1 atom stereocenters. The van der Waals surface area contributed by atoms with Crippen molar-refractivity contribution in [3.8, 4) is 0 Å². The summed E-state index contributed by atoms with van der Waals surface area (Å²) in [5, 5.41) is 3.26. The van der Waals surface area contributed by atoms with Crippen LogP contribution in [0.1, 0.15) is 23.6 Å². The fourth-order valence-corrected chi connectivity index (χ4v) is 2.54. The lowest BCUT2D eigenvalue weighted by atomic mass is 9.99. The van der Waals surface area contributed by atoms with Crippen LogP contribution < -0.4 is 5.32 Å². The van der Waals surface area contributed by atoms with E-state index >= 15 is 0 Å². The van der Waals surface area contributed by atoms with Gasteiger partial charge in [-0.05, 0) is 18.9 Å². The van der Waals surface area contributed by atoms with Crippen LogP contribution in [0.25, 0.3) is 0 Å². The molecular weight excluding hydrogens is 282 g/mol. The molecule has 2 nitrogen and oxygen atoms in total. The molecule has 5 heteroatoms. The SMILES string of the molecule is C=CC[C@H](c1ccc(C)c(F)c1F)N1CCNCC1.Cl. The van der Waals surface area contributed by atoms with Crippen molar-refractivity contribution >= 4 is 12.4 Å². The Morgan fingerprint density at radius 1 is 1.30 bits per heavy atom. The van der Waals surface area contributed by atoms with Gasteiger partial charge in [-0.25, -0.2) is 8.78 Å². The van der Waals surface area contributed by atoms with Crippen LogP contribution in [-0.2, 0) is 0 Å². The molecule has 1 aromatic rings. The number of nitrogens with zero attached hydrogens (tertiary/aromatic N) is 1. The van der Waals surface area contributed by atoms with Crippen molar-refractivity contribution in [1.29, 1.82) is 0 Å². The highest BCUT2D eigenvalue weighted by molar-refractivity contribution is 5.85. The molecule has 2 rings (SSSR count). The van der Waals surface area contributed by atoms with E-state index in [-0.39, 0.29) is 18.4 Å². The fourth-order valence-electron chi connectivity index (χ4n) is 2.54. The first-order valence-electron chi connectivity index (χ1n) is 6.65. The Kier molecular flexibility index (Phi) is 6.59. The lowest BCUT2D eigenvalue weighted by molar-refractivity contribution is 0.170. The zero-order chi connectivity index (χ0) is 13.8. The maximum absolute atomic E-state index is 14.1. The first-order chi connectivity index (χ1) is 9.15. The number of aryl methyl sites for hydroxylation is 1. The molecule has 0 radical (unpaired) electrons. The Bertz CT molecular complexity index is 459. The second-order valence-electron chi connectivity index (χ2n) is 4.93. The standard InChI is InChI=1S/C15H20F2N2.ClH/c1-3-4-13(19-9-7-18-8-10-19)12-6-5-11(2)14(16)15(12)17;/h3,5-6,13,18H,1,4,7-10H2,2H3;1H/t13-;/m1./s1. The lowest BCUT2D eigenvalue weighted by Gasteiger charge is -2.35. The second-order valence-corrected chi connectivity index (χ2v) is 4.93. The van der Waals surface area contributed by atoms with Crippen molar-refractivity contribution in [3.05, 3.63) is 47.5 Å². The van der Waals surface area contributed by atoms with Crippen LogP contribution >= 0.6 is 12.4 Å². The van der Waals surface area contributed by atoms with E-state index < -0.39 is 11.6 Å². The summed E-state index contributed by atoms with van der Waals surface area (Å²) in [7, 11) is 0. The number of benzene rings is 1. The largest absolute Gasteiger partial charge is 0.314 e. The Morgan fingerprint density at radius 3 is 2.55 bits per heavy atom. The average molecular weight is 303 g/mol. The Hall–Kier alpha value is -0.970. The predicted molar refractivity (Wildman–Crippen MR) is 80.3 cm³/mol. The van der Waals surface area contributed by atoms with Gasteiger partial charge >= 0.3 is 0 Å². The van der Waals surface area contributed by atoms with E-state index in [9.17, 15) is 8.78 Å². The van der Waals surface area contributed by atoms with E-state index in [1.807, 2.05) is 0 Å². The van der Waals surface area contributed by atoms with E-state index in [1.165, 1.54) is 0 Å². The molecule has 0 amide bonds. The Morgan fingerprint density at radius 2 is 1.95 bits per heavy atom. The summed E-state index contributed by atoms with van der Waals surface area (Å²) in [5.74, 6) is -1.45. The summed E-state index contributed by atoms with van der Waals surface area (Å²) >= 11 is 0. The minimum atomic E-state index is -0.735. The summed E-state index contributed by atoms with van der Waals surface area (Å²) < 4.78 is 27.9. The highest BCUT2D eigenvalue weighted by Crippen LogP contribution is 2.29. The van der Waals surface area contributed by atoms with Crippen molar-refractivity contribution in [2.24, 2.45) is 0 Å². The zero-order valence-electron chi connectivity index (χ0n) is 11.7. The molecule has 0 aliphatic carbocycles. The van der Waals surface area contributed by atoms with Crippen molar-refractivity contribution in [1.82, 2.24) is 10.2 Å². The maximum atomic E-state index is 14.1. The molecule has 0 bridgehead atoms. The third kappa shape index (κ3) is 3.57. The third-order valence-electron chi connectivity index (χ3n) is 3.65. The molecule has 1 saturated heterocycles. The third-order valence-corrected chi connectivity index (χ3v) is 3.65. The minimum absolute atomic E-state index is 0. The molecule has 0 spiro atoms. The first kappa shape index (κ1) is 17.1. The van der Waals surface area contributed by atoms with Gasteiger partial charge in [0.15, 0.2) is 11.6 Å². The number of piperazine rings is 1. The van der Waals surface area contributed by atoms with Gasteiger partial charge in [-0.3, -0.25) is 4.90 Å². The molecule has 20 heavy (non-hydrogen) atoms. The van der Waals surface area contributed by atoms with Crippen molar-refractivity contribution < 1.29 is 8.78 Å². The van der Waals surface area contributed by atoms with Crippen LogP contribution in [0.4, 0.5) is 8.78 Å². The van der Waals surface area contributed by atoms with Crippen molar-refractivity contribution in [3.63, 3.8) is 0 Å². The van der Waals surface area contributed by atoms with Crippen LogP contribution in [-0.4, -0.2) is 31.1 Å². The normalized spacial score (nSPS) is 17.4. The quantitative estimate of drug-likeness (QED) is 0.859. The predicted octanol–water partition coefficient (Wildman–Crippen LogP) is 3.22. The Balaban J connectivity index is 0.00000200. The van der Waals surface area contributed by atoms with Gasteiger partial charge in [0.2, 0.25) is 0 Å². The molecule has 0 unspecified atom stereocenters. The van der Waals surface area contributed by atoms with Crippen LogP contribution in [0.15, 0.2) is 24.8 Å². The number of rotatable bonds is 4. The minimum Gasteiger partial charge on any atom is -0.314 e. The number of hydrogen-bond acceptors (Lipinski definition) is 2. The number of nitrogens with one attached hydrogen (secondary N) is 1. The molecule has 1 aliphatic heterocycles. The van der Waals surface area contributed by atoms with E-state index in [0.717, 1.165) is 26.2 Å². The lowest BCUT2D eigenvalue weighted by Crippen LogP contribution is -2.45. The molecule has 112 valence electrons. The smallest absolute Gasteiger partial charge is 0.163 e. The fraction of sp³-hybridized carbons (Fsp3) is 0.467. The van der Waals surface area contributed by atoms with Crippen LogP contribution in [0.2, 0.25) is 0 Å². The molecule has 1 aliphatic rings. The van der Waals surface area contributed by atoms with Gasteiger partial charge in [0.1, 0.15) is 0 Å². The van der Waals surface area contributed by atoms with Gasteiger partial charge in [0, 0.05) is 37.8 Å². The molecule has 1 aromatic carbocycles. The average Bonchev–Trinajstić information content (AvgIpc) is 2.44. The summed E-state index contributed by atoms with van der Waals surface area (Å²) in [6.45, 7) is 8.75. The van der Waals surface area contributed by atoms with Crippen molar-refractivity contribution in [2.45, 2.75) is 19.4 Å². The highest BCUT2D eigenvalue weighted by Gasteiger charge is 2.25. The topological polar surface area (TPSA) is 15.3 Å². The van der Waals surface area contributed by atoms with Gasteiger partial charge in [-0.1, -0.05) is 18.2 Å². The molecule has 1 N–H and O–H groups in total. The van der Waals surface area contributed by atoms with E-state index in [1.54, 1.807) is 25.1 Å². The zero-order valence-corrected chi connectivity index (χ0v) is 12.5. The first-order valence-corrected chi connectivity index (χ1v) is 6.65. The van der Waals surface area contributed by atoms with E-state index in [4.69, 9.17) is 0 Å². The van der Waals surface area contributed by atoms with E-state index in [2.05, 4.69) is 16.8 Å². The van der Waals surface area contributed by atoms with Gasteiger partial charge in [-0.2, -0.15) is 0 Å². The summed E-state index contributed by atoms with van der Waals surface area (Å²) in [6.07, 6.45) is 2.39. The number of hydrogen-bond donors (Lipinski definition) is 1. The van der Waals surface area contributed by atoms with Gasteiger partial charge in [-0.15, -0.1) is 19.0 Å². The highest BCUT2D eigenvalue weighted by atomic mass is 35.5. The second kappa shape index (κ2) is 7.72. The number of halogens is 3.